The average molecular weight is 276 g/mol. The molecule has 2 aromatic rings. The monoisotopic (exact) mass is 276 g/mol. The van der Waals surface area contributed by atoms with Crippen molar-refractivity contribution in [2.45, 2.75) is 20.8 Å². The molecule has 0 radical (unpaired) electrons. The van der Waals surface area contributed by atoms with Crippen molar-refractivity contribution >= 4 is 22.8 Å². The Morgan fingerprint density at radius 3 is 2.95 bits per heavy atom. The van der Waals surface area contributed by atoms with Crippen molar-refractivity contribution in [2.24, 2.45) is 0 Å². The number of carbonyl (C=O) groups excluding carboxylic acids is 1. The fraction of sp³-hybridized carbons (Fsp3) is 0.429. The van der Waals surface area contributed by atoms with E-state index in [1.165, 1.54) is 0 Å². The molecule has 0 aliphatic heterocycles. The van der Waals surface area contributed by atoms with Gasteiger partial charge in [-0.1, -0.05) is 0 Å². The van der Waals surface area contributed by atoms with Crippen LogP contribution in [0.3, 0.4) is 0 Å². The molecular formula is C14H20N4O2. The van der Waals surface area contributed by atoms with E-state index in [1.807, 2.05) is 26.8 Å². The Morgan fingerprint density at radius 2 is 2.20 bits per heavy atom. The summed E-state index contributed by atoms with van der Waals surface area (Å²) in [5, 5.41) is 5.61. The van der Waals surface area contributed by atoms with Crippen LogP contribution in [0, 0.1) is 13.8 Å². The number of ether oxygens (including phenoxy) is 1. The molecule has 1 aromatic carbocycles. The van der Waals surface area contributed by atoms with Crippen LogP contribution >= 0.6 is 0 Å². The SMILES string of the molecule is CCOCCNC(=O)Nc1cc2[nH]cnc2c(C)c1C. The number of carbonyl (C=O) groups is 1. The Balaban J connectivity index is 2.05. The lowest BCUT2D eigenvalue weighted by molar-refractivity contribution is 0.150. The summed E-state index contributed by atoms with van der Waals surface area (Å²) in [6.07, 6.45) is 1.66. The summed E-state index contributed by atoms with van der Waals surface area (Å²) < 4.78 is 5.17. The zero-order valence-corrected chi connectivity index (χ0v) is 12.0. The molecule has 1 heterocycles. The van der Waals surface area contributed by atoms with Gasteiger partial charge >= 0.3 is 6.03 Å². The Labute approximate surface area is 117 Å². The van der Waals surface area contributed by atoms with Gasteiger partial charge in [0.05, 0.1) is 24.0 Å². The van der Waals surface area contributed by atoms with E-state index >= 15 is 0 Å². The molecule has 0 saturated heterocycles. The van der Waals surface area contributed by atoms with Crippen molar-refractivity contribution in [2.75, 3.05) is 25.1 Å². The molecule has 0 aliphatic carbocycles. The van der Waals surface area contributed by atoms with Crippen LogP contribution in [-0.4, -0.2) is 35.8 Å². The minimum absolute atomic E-state index is 0.230. The third-order valence-corrected chi connectivity index (χ3v) is 3.26. The van der Waals surface area contributed by atoms with Gasteiger partial charge in [-0.15, -0.1) is 0 Å². The lowest BCUT2D eigenvalue weighted by Gasteiger charge is -2.12. The zero-order valence-electron chi connectivity index (χ0n) is 12.0. The van der Waals surface area contributed by atoms with Crippen LogP contribution in [-0.2, 0) is 4.74 Å². The molecule has 0 spiro atoms. The molecule has 0 atom stereocenters. The van der Waals surface area contributed by atoms with Crippen LogP contribution in [0.25, 0.3) is 11.0 Å². The predicted octanol–water partition coefficient (Wildman–Crippen LogP) is 2.34. The largest absolute Gasteiger partial charge is 0.380 e. The van der Waals surface area contributed by atoms with Gasteiger partial charge in [-0.25, -0.2) is 9.78 Å². The highest BCUT2D eigenvalue weighted by atomic mass is 16.5. The van der Waals surface area contributed by atoms with E-state index in [1.54, 1.807) is 6.33 Å². The molecule has 2 rings (SSSR count). The number of fused-ring (bicyclic) bond motifs is 1. The van der Waals surface area contributed by atoms with Crippen LogP contribution in [0.2, 0.25) is 0 Å². The lowest BCUT2D eigenvalue weighted by Crippen LogP contribution is -2.31. The highest BCUT2D eigenvalue weighted by Crippen LogP contribution is 2.25. The first-order chi connectivity index (χ1) is 9.63. The Bertz CT molecular complexity index is 606. The molecular weight excluding hydrogens is 256 g/mol. The summed E-state index contributed by atoms with van der Waals surface area (Å²) in [4.78, 5) is 19.1. The predicted molar refractivity (Wildman–Crippen MR) is 79.1 cm³/mol. The fourth-order valence-corrected chi connectivity index (χ4v) is 2.02. The molecule has 20 heavy (non-hydrogen) atoms. The van der Waals surface area contributed by atoms with Gasteiger partial charge < -0.3 is 20.4 Å². The third-order valence-electron chi connectivity index (χ3n) is 3.26. The number of rotatable bonds is 5. The number of benzene rings is 1. The van der Waals surface area contributed by atoms with E-state index in [2.05, 4.69) is 20.6 Å². The average Bonchev–Trinajstić information content (AvgIpc) is 2.89. The van der Waals surface area contributed by atoms with Crippen LogP contribution in [0.15, 0.2) is 12.4 Å². The molecule has 0 saturated carbocycles. The van der Waals surface area contributed by atoms with Crippen molar-refractivity contribution < 1.29 is 9.53 Å². The number of amides is 2. The number of imidazole rings is 1. The maximum absolute atomic E-state index is 11.8. The number of urea groups is 1. The number of nitrogens with one attached hydrogen (secondary N) is 3. The second kappa shape index (κ2) is 6.38. The topological polar surface area (TPSA) is 79.0 Å². The van der Waals surface area contributed by atoms with Crippen LogP contribution in [0.4, 0.5) is 10.5 Å². The highest BCUT2D eigenvalue weighted by Gasteiger charge is 2.10. The number of hydrogen-bond donors (Lipinski definition) is 3. The smallest absolute Gasteiger partial charge is 0.319 e. The first-order valence-corrected chi connectivity index (χ1v) is 6.69. The van der Waals surface area contributed by atoms with Gasteiger partial charge in [0, 0.05) is 18.8 Å². The molecule has 108 valence electrons. The number of hydrogen-bond acceptors (Lipinski definition) is 3. The molecule has 3 N–H and O–H groups in total. The van der Waals surface area contributed by atoms with Gasteiger partial charge in [0.25, 0.3) is 0 Å². The number of H-pyrrole nitrogens is 1. The quantitative estimate of drug-likeness (QED) is 0.733. The van der Waals surface area contributed by atoms with Gasteiger partial charge in [-0.2, -0.15) is 0 Å². The zero-order chi connectivity index (χ0) is 14.5. The van der Waals surface area contributed by atoms with Crippen molar-refractivity contribution in [3.63, 3.8) is 0 Å². The van der Waals surface area contributed by atoms with E-state index in [4.69, 9.17) is 4.74 Å². The number of anilines is 1. The lowest BCUT2D eigenvalue weighted by atomic mass is 10.1. The molecule has 1 aromatic heterocycles. The molecule has 0 aliphatic rings. The second-order valence-corrected chi connectivity index (χ2v) is 4.55. The summed E-state index contributed by atoms with van der Waals surface area (Å²) in [7, 11) is 0. The minimum Gasteiger partial charge on any atom is -0.380 e. The first-order valence-electron chi connectivity index (χ1n) is 6.69. The standard InChI is InChI=1S/C14H20N4O2/c1-4-20-6-5-15-14(19)18-11-7-12-13(17-8-16-12)10(3)9(11)2/h7-8H,4-6H2,1-3H3,(H,16,17)(H2,15,18,19). The molecule has 0 fully saturated rings. The molecule has 2 amide bonds. The summed E-state index contributed by atoms with van der Waals surface area (Å²) in [6, 6.07) is 1.67. The number of aryl methyl sites for hydroxylation is 1. The summed E-state index contributed by atoms with van der Waals surface area (Å²) in [5.74, 6) is 0. The van der Waals surface area contributed by atoms with Gasteiger partial charge in [-0.05, 0) is 38.0 Å². The Morgan fingerprint density at radius 1 is 1.40 bits per heavy atom. The van der Waals surface area contributed by atoms with Crippen LogP contribution in [0.5, 0.6) is 0 Å². The summed E-state index contributed by atoms with van der Waals surface area (Å²) >= 11 is 0. The van der Waals surface area contributed by atoms with E-state index in [0.717, 1.165) is 27.8 Å². The van der Waals surface area contributed by atoms with Gasteiger partial charge in [0.2, 0.25) is 0 Å². The van der Waals surface area contributed by atoms with Crippen molar-refractivity contribution in [3.05, 3.63) is 23.5 Å². The maximum Gasteiger partial charge on any atom is 0.319 e. The van der Waals surface area contributed by atoms with E-state index < -0.39 is 0 Å². The third kappa shape index (κ3) is 3.08. The van der Waals surface area contributed by atoms with Crippen molar-refractivity contribution in [3.8, 4) is 0 Å². The first kappa shape index (κ1) is 14.3. The maximum atomic E-state index is 11.8. The number of aromatic nitrogens is 2. The molecule has 6 nitrogen and oxygen atoms in total. The van der Waals surface area contributed by atoms with Gasteiger partial charge in [0.1, 0.15) is 0 Å². The molecule has 6 heteroatoms. The van der Waals surface area contributed by atoms with Crippen molar-refractivity contribution in [1.82, 2.24) is 15.3 Å². The van der Waals surface area contributed by atoms with Crippen molar-refractivity contribution in [1.29, 1.82) is 0 Å². The molecule has 0 unspecified atom stereocenters. The number of aromatic amines is 1. The van der Waals surface area contributed by atoms with Crippen LogP contribution < -0.4 is 10.6 Å². The Hall–Kier alpha value is -2.08. The summed E-state index contributed by atoms with van der Waals surface area (Å²) in [6.45, 7) is 7.55. The molecule has 0 bridgehead atoms. The normalized spacial score (nSPS) is 10.8. The highest BCUT2D eigenvalue weighted by molar-refractivity contribution is 5.94. The van der Waals surface area contributed by atoms with E-state index in [0.29, 0.717) is 19.8 Å². The van der Waals surface area contributed by atoms with E-state index in [9.17, 15) is 4.79 Å². The van der Waals surface area contributed by atoms with Crippen LogP contribution in [0.1, 0.15) is 18.1 Å². The Kier molecular flexibility index (Phi) is 4.57. The van der Waals surface area contributed by atoms with Gasteiger partial charge in [0.15, 0.2) is 0 Å². The summed E-state index contributed by atoms with van der Waals surface area (Å²) in [5.41, 5.74) is 4.72. The van der Waals surface area contributed by atoms with Gasteiger partial charge in [-0.3, -0.25) is 0 Å². The minimum atomic E-state index is -0.230. The van der Waals surface area contributed by atoms with E-state index in [-0.39, 0.29) is 6.03 Å². The fourth-order valence-electron chi connectivity index (χ4n) is 2.02. The second-order valence-electron chi connectivity index (χ2n) is 4.55. The number of nitrogens with zero attached hydrogens (tertiary/aromatic N) is 1.